The molecule has 3 aliphatic rings. The zero-order chi connectivity index (χ0) is 29.1. The Balaban J connectivity index is 1.06. The number of fused-ring (bicyclic) bond motifs is 1. The molecule has 0 bridgehead atoms. The fourth-order valence-electron chi connectivity index (χ4n) is 5.84. The Kier molecular flexibility index (Phi) is 8.36. The molecule has 2 aliphatic carbocycles. The molecule has 1 saturated heterocycles. The minimum atomic E-state index is -0.624. The predicted octanol–water partition coefficient (Wildman–Crippen LogP) is 4.02. The van der Waals surface area contributed by atoms with Crippen molar-refractivity contribution in [3.63, 3.8) is 0 Å². The third-order valence-electron chi connectivity index (χ3n) is 8.41. The Morgan fingerprint density at radius 1 is 1.02 bits per heavy atom. The molecule has 3 aromatic heterocycles. The minimum Gasteiger partial charge on any atom is -0.449 e. The van der Waals surface area contributed by atoms with Crippen LogP contribution in [0.4, 0.5) is 26.4 Å². The number of amides is 2. The van der Waals surface area contributed by atoms with Gasteiger partial charge in [0.25, 0.3) is 5.91 Å². The molecule has 4 heterocycles. The molecular weight excluding hydrogens is 541 g/mol. The summed E-state index contributed by atoms with van der Waals surface area (Å²) in [6.45, 7) is 1.55. The van der Waals surface area contributed by atoms with E-state index in [4.69, 9.17) is 4.74 Å². The molecule has 13 heteroatoms. The van der Waals surface area contributed by atoms with Gasteiger partial charge in [-0.05, 0) is 77.4 Å². The van der Waals surface area contributed by atoms with Crippen LogP contribution in [0.25, 0.3) is 5.65 Å². The van der Waals surface area contributed by atoms with Gasteiger partial charge in [0, 0.05) is 36.4 Å². The number of aromatic nitrogens is 4. The van der Waals surface area contributed by atoms with Gasteiger partial charge in [0.05, 0.1) is 30.4 Å². The number of nitrogens with zero attached hydrogens (tertiary/aromatic N) is 5. The van der Waals surface area contributed by atoms with E-state index in [0.29, 0.717) is 30.2 Å². The van der Waals surface area contributed by atoms with E-state index in [1.165, 1.54) is 35.8 Å². The van der Waals surface area contributed by atoms with Crippen LogP contribution >= 0.6 is 0 Å². The number of pyridine rings is 1. The van der Waals surface area contributed by atoms with Crippen molar-refractivity contribution in [2.75, 3.05) is 36.1 Å². The van der Waals surface area contributed by atoms with Crippen molar-refractivity contribution in [3.05, 3.63) is 42.2 Å². The topological polar surface area (TPSA) is 138 Å². The summed E-state index contributed by atoms with van der Waals surface area (Å²) in [7, 11) is 2.12. The van der Waals surface area contributed by atoms with Crippen LogP contribution in [0.2, 0.25) is 0 Å². The van der Waals surface area contributed by atoms with Crippen molar-refractivity contribution in [2.24, 2.45) is 0 Å². The van der Waals surface area contributed by atoms with Gasteiger partial charge >= 0.3 is 6.09 Å². The molecule has 0 spiro atoms. The number of carbonyl (C=O) groups is 2. The van der Waals surface area contributed by atoms with Gasteiger partial charge in [-0.25, -0.2) is 18.7 Å². The second-order valence-electron chi connectivity index (χ2n) is 11.6. The van der Waals surface area contributed by atoms with Crippen molar-refractivity contribution in [2.45, 2.75) is 82.0 Å². The third kappa shape index (κ3) is 6.72. The number of anilines is 3. The van der Waals surface area contributed by atoms with E-state index in [-0.39, 0.29) is 29.6 Å². The molecule has 1 atom stereocenters. The molecule has 2 amide bonds. The molecule has 12 nitrogen and oxygen atoms in total. The zero-order valence-corrected chi connectivity index (χ0v) is 23.8. The summed E-state index contributed by atoms with van der Waals surface area (Å²) < 4.78 is 21.1. The number of alkyl carbamates (subject to hydrolysis) is 1. The largest absolute Gasteiger partial charge is 0.449 e. The van der Waals surface area contributed by atoms with Crippen LogP contribution in [-0.4, -0.2) is 80.8 Å². The summed E-state index contributed by atoms with van der Waals surface area (Å²) in [6.07, 6.45) is 12.3. The SMILES string of the molecule is CN1CCCC1CCOC(=O)N[C@H]1CC[C@H](Nc2cc(NC3CC3)c3ncc(C(=O)Nc4ccncc4F)n3n2)CC1. The van der Waals surface area contributed by atoms with Gasteiger partial charge in [-0.2, -0.15) is 0 Å². The van der Waals surface area contributed by atoms with E-state index < -0.39 is 11.7 Å². The molecule has 224 valence electrons. The molecule has 6 rings (SSSR count). The van der Waals surface area contributed by atoms with E-state index >= 15 is 0 Å². The van der Waals surface area contributed by atoms with Crippen molar-refractivity contribution in [1.29, 1.82) is 0 Å². The van der Waals surface area contributed by atoms with Crippen LogP contribution in [0.3, 0.4) is 0 Å². The highest BCUT2D eigenvalue weighted by Crippen LogP contribution is 2.30. The van der Waals surface area contributed by atoms with Gasteiger partial charge in [0.2, 0.25) is 0 Å². The third-order valence-corrected chi connectivity index (χ3v) is 8.41. The molecule has 1 aliphatic heterocycles. The van der Waals surface area contributed by atoms with E-state index in [9.17, 15) is 14.0 Å². The number of imidazole rings is 1. The molecule has 3 aromatic rings. The van der Waals surface area contributed by atoms with Crippen LogP contribution in [0.15, 0.2) is 30.7 Å². The Morgan fingerprint density at radius 2 is 1.79 bits per heavy atom. The van der Waals surface area contributed by atoms with Crippen LogP contribution in [0.1, 0.15) is 68.3 Å². The van der Waals surface area contributed by atoms with E-state index in [1.807, 2.05) is 6.07 Å². The monoisotopic (exact) mass is 579 g/mol. The number of rotatable bonds is 10. The first-order chi connectivity index (χ1) is 20.4. The standard InChI is InChI=1S/C29H38FN9O3/c1-38-13-2-3-21(38)11-14-42-29(41)35-20-8-6-19(7-9-20)34-26-15-24(33-18-4-5-18)27-32-17-25(39(27)37-26)28(40)36-23-10-12-31-16-22(23)30/h10,12,15-21,33H,2-9,11,13-14H2,1H3,(H,34,37)(H,35,41)(H,31,36,40)/t19-,20-,21?. The highest BCUT2D eigenvalue weighted by molar-refractivity contribution is 6.03. The summed E-state index contributed by atoms with van der Waals surface area (Å²) in [6, 6.07) is 4.42. The number of halogens is 1. The summed E-state index contributed by atoms with van der Waals surface area (Å²) in [5, 5.41) is 17.3. The number of nitrogens with one attached hydrogen (secondary N) is 4. The van der Waals surface area contributed by atoms with Gasteiger partial charge in [-0.1, -0.05) is 0 Å². The smallest absolute Gasteiger partial charge is 0.407 e. The van der Waals surface area contributed by atoms with E-state index in [0.717, 1.165) is 63.4 Å². The highest BCUT2D eigenvalue weighted by atomic mass is 19.1. The highest BCUT2D eigenvalue weighted by Gasteiger charge is 2.27. The number of carbonyl (C=O) groups excluding carboxylic acids is 2. The van der Waals surface area contributed by atoms with Crippen molar-refractivity contribution >= 4 is 34.8 Å². The Labute approximate surface area is 243 Å². The second kappa shape index (κ2) is 12.5. The fraction of sp³-hybridized carbons (Fsp3) is 0.552. The lowest BCUT2D eigenvalue weighted by Crippen LogP contribution is -2.40. The van der Waals surface area contributed by atoms with Gasteiger partial charge in [0.15, 0.2) is 17.2 Å². The molecular formula is C29H38FN9O3. The van der Waals surface area contributed by atoms with Crippen molar-refractivity contribution in [3.8, 4) is 0 Å². The zero-order valence-electron chi connectivity index (χ0n) is 23.8. The molecule has 3 fully saturated rings. The Morgan fingerprint density at radius 3 is 2.52 bits per heavy atom. The van der Waals surface area contributed by atoms with Crippen LogP contribution < -0.4 is 21.3 Å². The fourth-order valence-corrected chi connectivity index (χ4v) is 5.84. The summed E-state index contributed by atoms with van der Waals surface area (Å²) in [5.41, 5.74) is 1.53. The number of hydrogen-bond donors (Lipinski definition) is 4. The summed E-state index contributed by atoms with van der Waals surface area (Å²) in [5.74, 6) is -0.537. The minimum absolute atomic E-state index is 0.0335. The maximum atomic E-state index is 14.1. The van der Waals surface area contributed by atoms with Gasteiger partial charge in [-0.3, -0.25) is 9.78 Å². The lowest BCUT2D eigenvalue weighted by Gasteiger charge is -2.30. The molecule has 42 heavy (non-hydrogen) atoms. The van der Waals surface area contributed by atoms with Gasteiger partial charge < -0.3 is 30.9 Å². The first-order valence-electron chi connectivity index (χ1n) is 14.9. The maximum Gasteiger partial charge on any atom is 0.407 e. The van der Waals surface area contributed by atoms with E-state index in [2.05, 4.69) is 48.3 Å². The van der Waals surface area contributed by atoms with Crippen molar-refractivity contribution in [1.82, 2.24) is 29.8 Å². The summed E-state index contributed by atoms with van der Waals surface area (Å²) >= 11 is 0. The van der Waals surface area contributed by atoms with Gasteiger partial charge in [-0.15, -0.1) is 5.10 Å². The molecule has 4 N–H and O–H groups in total. The lowest BCUT2D eigenvalue weighted by molar-refractivity contribution is 0.101. The average molecular weight is 580 g/mol. The van der Waals surface area contributed by atoms with Crippen LogP contribution in [0, 0.1) is 5.82 Å². The predicted molar refractivity (Wildman–Crippen MR) is 156 cm³/mol. The molecule has 0 aromatic carbocycles. The molecule has 2 saturated carbocycles. The molecule has 0 radical (unpaired) electrons. The second-order valence-corrected chi connectivity index (χ2v) is 11.6. The van der Waals surface area contributed by atoms with Gasteiger partial charge in [0.1, 0.15) is 5.82 Å². The maximum absolute atomic E-state index is 14.1. The van der Waals surface area contributed by atoms with Crippen LogP contribution in [-0.2, 0) is 4.74 Å². The van der Waals surface area contributed by atoms with Crippen LogP contribution in [0.5, 0.6) is 0 Å². The van der Waals surface area contributed by atoms with Crippen molar-refractivity contribution < 1.29 is 18.7 Å². The average Bonchev–Trinajstić information content (AvgIpc) is 3.53. The number of ether oxygens (including phenoxy) is 1. The number of hydrogen-bond acceptors (Lipinski definition) is 9. The Bertz CT molecular complexity index is 1420. The van der Waals surface area contributed by atoms with E-state index in [1.54, 1.807) is 0 Å². The Hall–Kier alpha value is -4.00. The number of likely N-dealkylation sites (tertiary alicyclic amines) is 1. The lowest BCUT2D eigenvalue weighted by atomic mass is 9.91. The quantitative estimate of drug-likeness (QED) is 0.281. The first-order valence-corrected chi connectivity index (χ1v) is 14.9. The first kappa shape index (κ1) is 28.1. The summed E-state index contributed by atoms with van der Waals surface area (Å²) in [4.78, 5) is 35.9. The molecule has 1 unspecified atom stereocenters. The normalized spacial score (nSPS) is 22.6.